The maximum Gasteiger partial charge on any atom is 0.269 e. The third-order valence-electron chi connectivity index (χ3n) is 3.52. The molecule has 3 rings (SSSR count). The lowest BCUT2D eigenvalue weighted by atomic mass is 10.2. The molecule has 0 amide bonds. The fraction of sp³-hybridized carbons (Fsp3) is 0.0625. The molecule has 0 spiro atoms. The maximum atomic E-state index is 12.6. The van der Waals surface area contributed by atoms with Crippen molar-refractivity contribution in [1.29, 1.82) is 0 Å². The molecular formula is C16H13N3O4S. The molecule has 3 aromatic rings. The molecule has 0 aliphatic rings. The first-order valence-electron chi connectivity index (χ1n) is 6.98. The van der Waals surface area contributed by atoms with Crippen molar-refractivity contribution in [1.82, 2.24) is 9.55 Å². The molecule has 2 aromatic carbocycles. The van der Waals surface area contributed by atoms with E-state index in [1.54, 1.807) is 12.1 Å². The molecule has 1 heterocycles. The van der Waals surface area contributed by atoms with Gasteiger partial charge in [0.05, 0.1) is 9.82 Å². The number of aromatic nitrogens is 2. The van der Waals surface area contributed by atoms with E-state index in [4.69, 9.17) is 0 Å². The van der Waals surface area contributed by atoms with E-state index in [9.17, 15) is 18.5 Å². The molecule has 0 aliphatic carbocycles. The summed E-state index contributed by atoms with van der Waals surface area (Å²) in [5, 5.41) is 10.6. The van der Waals surface area contributed by atoms with Crippen LogP contribution in [0.4, 0.5) is 5.69 Å². The van der Waals surface area contributed by atoms with Crippen molar-refractivity contribution in [2.24, 2.45) is 0 Å². The van der Waals surface area contributed by atoms with Crippen LogP contribution in [-0.4, -0.2) is 22.9 Å². The Morgan fingerprint density at radius 3 is 2.25 bits per heavy atom. The van der Waals surface area contributed by atoms with Gasteiger partial charge in [0.25, 0.3) is 5.69 Å². The molecule has 0 bridgehead atoms. The third-order valence-corrected chi connectivity index (χ3v) is 5.18. The predicted octanol–water partition coefficient (Wildman–Crippen LogP) is 2.92. The van der Waals surface area contributed by atoms with Gasteiger partial charge in [0.1, 0.15) is 6.33 Å². The first kappa shape index (κ1) is 15.9. The average molecular weight is 343 g/mol. The fourth-order valence-electron chi connectivity index (χ4n) is 2.17. The van der Waals surface area contributed by atoms with Gasteiger partial charge in [-0.15, -0.1) is 0 Å². The molecule has 0 saturated heterocycles. The number of hydrogen-bond acceptors (Lipinski definition) is 5. The quantitative estimate of drug-likeness (QED) is 0.536. The summed E-state index contributed by atoms with van der Waals surface area (Å²) in [5.74, 6) is 0. The van der Waals surface area contributed by atoms with Gasteiger partial charge in [0, 0.05) is 24.0 Å². The molecule has 8 heteroatoms. The molecule has 24 heavy (non-hydrogen) atoms. The van der Waals surface area contributed by atoms with Crippen LogP contribution in [0.15, 0.2) is 71.0 Å². The van der Waals surface area contributed by atoms with E-state index in [1.807, 2.05) is 6.92 Å². The molecule has 0 fully saturated rings. The molecule has 0 N–H and O–H groups in total. The zero-order valence-corrected chi connectivity index (χ0v) is 13.5. The Balaban J connectivity index is 1.95. The van der Waals surface area contributed by atoms with Crippen LogP contribution in [0, 0.1) is 17.0 Å². The number of sulfone groups is 1. The lowest BCUT2D eigenvalue weighted by Crippen LogP contribution is -2.02. The molecule has 0 unspecified atom stereocenters. The minimum atomic E-state index is -3.70. The fourth-order valence-corrected chi connectivity index (χ4v) is 3.34. The number of non-ortho nitro benzene ring substituents is 1. The first-order chi connectivity index (χ1) is 11.4. The number of imidazole rings is 1. The Morgan fingerprint density at radius 1 is 1.04 bits per heavy atom. The third kappa shape index (κ3) is 2.91. The van der Waals surface area contributed by atoms with Crippen molar-refractivity contribution in [3.8, 4) is 5.69 Å². The highest BCUT2D eigenvalue weighted by Gasteiger charge is 2.20. The van der Waals surface area contributed by atoms with Gasteiger partial charge in [-0.25, -0.2) is 13.4 Å². The van der Waals surface area contributed by atoms with Crippen molar-refractivity contribution >= 4 is 15.5 Å². The van der Waals surface area contributed by atoms with Gasteiger partial charge in [0.2, 0.25) is 9.84 Å². The summed E-state index contributed by atoms with van der Waals surface area (Å²) in [5.41, 5.74) is 1.51. The van der Waals surface area contributed by atoms with Crippen LogP contribution in [-0.2, 0) is 9.84 Å². The summed E-state index contributed by atoms with van der Waals surface area (Å²) in [7, 11) is -3.70. The van der Waals surface area contributed by atoms with Crippen LogP contribution in [0.5, 0.6) is 0 Å². The summed E-state index contributed by atoms with van der Waals surface area (Å²) in [6, 6.07) is 12.3. The number of hydrogen-bond donors (Lipinski definition) is 0. The van der Waals surface area contributed by atoms with Gasteiger partial charge in [0.15, 0.2) is 5.03 Å². The topological polar surface area (TPSA) is 95.1 Å². The molecule has 7 nitrogen and oxygen atoms in total. The molecule has 0 radical (unpaired) electrons. The standard InChI is InChI=1S/C16H13N3O4S/c1-12-2-8-15(9-3-12)24(22,23)16-10-18(11-17-16)13-4-6-14(7-5-13)19(20)21/h2-11H,1H3. The smallest absolute Gasteiger partial charge is 0.269 e. The van der Waals surface area contributed by atoms with Crippen LogP contribution < -0.4 is 0 Å². The maximum absolute atomic E-state index is 12.6. The Kier molecular flexibility index (Phi) is 3.90. The molecule has 0 saturated carbocycles. The minimum absolute atomic E-state index is 0.0358. The van der Waals surface area contributed by atoms with Crippen molar-refractivity contribution in [2.75, 3.05) is 0 Å². The number of nitro benzene ring substituents is 1. The van der Waals surface area contributed by atoms with Crippen molar-refractivity contribution in [3.05, 3.63) is 76.7 Å². The molecular weight excluding hydrogens is 330 g/mol. The van der Waals surface area contributed by atoms with Crippen LogP contribution in [0.25, 0.3) is 5.69 Å². The van der Waals surface area contributed by atoms with E-state index < -0.39 is 14.8 Å². The summed E-state index contributed by atoms with van der Waals surface area (Å²) in [4.78, 5) is 14.3. The summed E-state index contributed by atoms with van der Waals surface area (Å²) < 4.78 is 26.6. The van der Waals surface area contributed by atoms with Gasteiger partial charge in [-0.05, 0) is 31.2 Å². The number of aryl methyl sites for hydroxylation is 1. The Labute approximate surface area is 138 Å². The summed E-state index contributed by atoms with van der Waals surface area (Å²) in [6.45, 7) is 1.87. The summed E-state index contributed by atoms with van der Waals surface area (Å²) >= 11 is 0. The van der Waals surface area contributed by atoms with Crippen molar-refractivity contribution < 1.29 is 13.3 Å². The molecule has 1 aromatic heterocycles. The lowest BCUT2D eigenvalue weighted by molar-refractivity contribution is -0.384. The van der Waals surface area contributed by atoms with Gasteiger partial charge in [-0.3, -0.25) is 10.1 Å². The molecule has 0 aliphatic heterocycles. The van der Waals surface area contributed by atoms with E-state index in [0.29, 0.717) is 5.69 Å². The zero-order valence-electron chi connectivity index (χ0n) is 12.7. The van der Waals surface area contributed by atoms with Crippen LogP contribution >= 0.6 is 0 Å². The van der Waals surface area contributed by atoms with Gasteiger partial charge in [-0.1, -0.05) is 17.7 Å². The van der Waals surface area contributed by atoms with Crippen LogP contribution in [0.1, 0.15) is 5.56 Å². The first-order valence-corrected chi connectivity index (χ1v) is 8.47. The van der Waals surface area contributed by atoms with E-state index >= 15 is 0 Å². The second kappa shape index (κ2) is 5.89. The van der Waals surface area contributed by atoms with Gasteiger partial charge >= 0.3 is 0 Å². The number of rotatable bonds is 4. The van der Waals surface area contributed by atoms with Gasteiger partial charge < -0.3 is 4.57 Å². The van der Waals surface area contributed by atoms with Crippen molar-refractivity contribution in [3.63, 3.8) is 0 Å². The number of nitro groups is 1. The molecule has 0 atom stereocenters. The Hall–Kier alpha value is -3.00. The van der Waals surface area contributed by atoms with Gasteiger partial charge in [-0.2, -0.15) is 0 Å². The Morgan fingerprint density at radius 2 is 1.67 bits per heavy atom. The van der Waals surface area contributed by atoms with Crippen LogP contribution in [0.2, 0.25) is 0 Å². The van der Waals surface area contributed by atoms with E-state index in [2.05, 4.69) is 4.98 Å². The highest BCUT2D eigenvalue weighted by atomic mass is 32.2. The van der Waals surface area contributed by atoms with E-state index in [0.717, 1.165) is 5.56 Å². The predicted molar refractivity (Wildman–Crippen MR) is 86.8 cm³/mol. The highest BCUT2D eigenvalue weighted by molar-refractivity contribution is 7.91. The van der Waals surface area contributed by atoms with Crippen molar-refractivity contribution in [2.45, 2.75) is 16.8 Å². The van der Waals surface area contributed by atoms with E-state index in [-0.39, 0.29) is 15.6 Å². The number of nitrogens with zero attached hydrogens (tertiary/aromatic N) is 3. The number of benzene rings is 2. The monoisotopic (exact) mass is 343 g/mol. The second-order valence-corrected chi connectivity index (χ2v) is 7.11. The SMILES string of the molecule is Cc1ccc(S(=O)(=O)c2cn(-c3ccc([N+](=O)[O-])cc3)cn2)cc1. The van der Waals surface area contributed by atoms with Crippen LogP contribution in [0.3, 0.4) is 0 Å². The summed E-state index contributed by atoms with van der Waals surface area (Å²) in [6.07, 6.45) is 2.75. The normalized spacial score (nSPS) is 11.4. The highest BCUT2D eigenvalue weighted by Crippen LogP contribution is 2.21. The largest absolute Gasteiger partial charge is 0.305 e. The average Bonchev–Trinajstić information content (AvgIpc) is 3.06. The minimum Gasteiger partial charge on any atom is -0.305 e. The second-order valence-electron chi connectivity index (χ2n) is 5.21. The molecule has 122 valence electrons. The lowest BCUT2D eigenvalue weighted by Gasteiger charge is -2.02. The van der Waals surface area contributed by atoms with E-state index in [1.165, 1.54) is 53.5 Å². The zero-order chi connectivity index (χ0) is 17.3. The Bertz CT molecular complexity index is 991.